The summed E-state index contributed by atoms with van der Waals surface area (Å²) in [6.07, 6.45) is 1.05. The van der Waals surface area contributed by atoms with Crippen LogP contribution in [-0.4, -0.2) is 22.3 Å². The normalized spacial score (nSPS) is 12.7. The zero-order chi connectivity index (χ0) is 22.6. The van der Waals surface area contributed by atoms with E-state index in [9.17, 15) is 9.67 Å². The summed E-state index contributed by atoms with van der Waals surface area (Å²) < 4.78 is 25.7. The summed E-state index contributed by atoms with van der Waals surface area (Å²) in [5.41, 5.74) is 4.58. The van der Waals surface area contributed by atoms with E-state index < -0.39 is 7.60 Å². The highest BCUT2D eigenvalue weighted by Gasteiger charge is 2.34. The topological polar surface area (TPSA) is 80.7 Å². The molecule has 0 atom stereocenters. The fraction of sp³-hybridized carbons (Fsp3) is 0.435. The number of hydrogen-bond donors (Lipinski definition) is 2. The lowest BCUT2D eigenvalue weighted by atomic mass is 10.1. The van der Waals surface area contributed by atoms with Crippen molar-refractivity contribution in [2.75, 3.05) is 5.32 Å². The van der Waals surface area contributed by atoms with Crippen molar-refractivity contribution in [3.63, 3.8) is 0 Å². The van der Waals surface area contributed by atoms with Crippen LogP contribution in [0.3, 0.4) is 0 Å². The van der Waals surface area contributed by atoms with Gasteiger partial charge in [0.15, 0.2) is 0 Å². The van der Waals surface area contributed by atoms with Crippen molar-refractivity contribution in [1.82, 2.24) is 4.98 Å². The van der Waals surface area contributed by atoms with Gasteiger partial charge in [-0.2, -0.15) is 0 Å². The van der Waals surface area contributed by atoms with Crippen LogP contribution in [0.2, 0.25) is 0 Å². The lowest BCUT2D eigenvalue weighted by Crippen LogP contribution is -2.10. The molecule has 6 nitrogen and oxygen atoms in total. The second-order valence-corrected chi connectivity index (χ2v) is 9.92. The number of aryl methyl sites for hydroxylation is 4. The van der Waals surface area contributed by atoms with E-state index in [0.717, 1.165) is 17.1 Å². The minimum atomic E-state index is -3.68. The molecule has 1 heterocycles. The molecule has 0 fully saturated rings. The van der Waals surface area contributed by atoms with E-state index in [0.29, 0.717) is 22.0 Å². The molecule has 0 unspecified atom stereocenters. The van der Waals surface area contributed by atoms with Crippen LogP contribution >= 0.6 is 7.60 Å². The summed E-state index contributed by atoms with van der Waals surface area (Å²) in [5.74, 6) is 0.217. The van der Waals surface area contributed by atoms with Gasteiger partial charge in [0, 0.05) is 11.9 Å². The van der Waals surface area contributed by atoms with Gasteiger partial charge in [0.1, 0.15) is 5.75 Å². The molecule has 0 radical (unpaired) electrons. The Hall–Kier alpha value is -2.14. The van der Waals surface area contributed by atoms with Crippen molar-refractivity contribution in [3.8, 4) is 5.75 Å². The Bertz CT molecular complexity index is 946. The maximum Gasteiger partial charge on any atom is 0.363 e. The molecule has 0 spiro atoms. The van der Waals surface area contributed by atoms with Crippen molar-refractivity contribution in [3.05, 3.63) is 58.5 Å². The Labute approximate surface area is 179 Å². The van der Waals surface area contributed by atoms with Gasteiger partial charge in [-0.1, -0.05) is 0 Å². The highest BCUT2D eigenvalue weighted by Crippen LogP contribution is 2.62. The molecular weight excluding hydrogens is 399 g/mol. The smallest absolute Gasteiger partial charge is 0.363 e. The molecule has 0 saturated heterocycles. The van der Waals surface area contributed by atoms with Gasteiger partial charge in [-0.3, -0.25) is 9.55 Å². The van der Waals surface area contributed by atoms with E-state index in [1.165, 1.54) is 0 Å². The third kappa shape index (κ3) is 5.94. The number of hydrogen-bond acceptors (Lipinski definition) is 6. The SMILES string of the molecule is Cc1ccc(N/C=C(\c2cc(C)c(O)c(C)c2)P(=O)(OC(C)C)OC(C)C)c(C)n1. The van der Waals surface area contributed by atoms with Crippen LogP contribution in [0.15, 0.2) is 30.5 Å². The molecule has 0 aliphatic rings. The minimum Gasteiger partial charge on any atom is -0.507 e. The van der Waals surface area contributed by atoms with Crippen LogP contribution in [-0.2, 0) is 13.6 Å². The van der Waals surface area contributed by atoms with Crippen molar-refractivity contribution in [2.45, 2.75) is 67.6 Å². The lowest BCUT2D eigenvalue weighted by Gasteiger charge is -2.26. The standard InChI is InChI=1S/C23H33N2O4P/c1-14(2)28-30(27,29-15(3)4)22(20-11-16(5)23(26)17(6)12-20)13-24-21-10-9-18(7)25-19(21)8/h9-15,24,26H,1-8H3/b22-13+. The van der Waals surface area contributed by atoms with E-state index >= 15 is 0 Å². The predicted molar refractivity (Wildman–Crippen MR) is 123 cm³/mol. The molecule has 0 aliphatic heterocycles. The Morgan fingerprint density at radius 2 is 1.57 bits per heavy atom. The van der Waals surface area contributed by atoms with E-state index in [1.54, 1.807) is 18.3 Å². The van der Waals surface area contributed by atoms with Gasteiger partial charge < -0.3 is 19.5 Å². The Morgan fingerprint density at radius 3 is 2.03 bits per heavy atom. The first-order valence-corrected chi connectivity index (χ1v) is 11.7. The van der Waals surface area contributed by atoms with Gasteiger partial charge in [0.05, 0.1) is 28.9 Å². The highest BCUT2D eigenvalue weighted by atomic mass is 31.2. The first-order valence-electron chi connectivity index (χ1n) is 10.1. The molecule has 1 aromatic carbocycles. The molecule has 164 valence electrons. The van der Waals surface area contributed by atoms with Crippen molar-refractivity contribution >= 4 is 18.6 Å². The number of rotatable bonds is 8. The number of benzene rings is 1. The molecule has 7 heteroatoms. The van der Waals surface area contributed by atoms with Crippen LogP contribution in [0, 0.1) is 27.7 Å². The maximum absolute atomic E-state index is 14.0. The molecule has 0 bridgehead atoms. The summed E-state index contributed by atoms with van der Waals surface area (Å²) >= 11 is 0. The first kappa shape index (κ1) is 24.1. The van der Waals surface area contributed by atoms with Crippen LogP contribution in [0.1, 0.15) is 55.8 Å². The third-order valence-electron chi connectivity index (χ3n) is 4.37. The molecule has 2 rings (SSSR count). The summed E-state index contributed by atoms with van der Waals surface area (Å²) in [7, 11) is -3.68. The van der Waals surface area contributed by atoms with Crippen LogP contribution in [0.4, 0.5) is 5.69 Å². The number of aromatic hydroxyl groups is 1. The van der Waals surface area contributed by atoms with Gasteiger partial charge in [-0.25, -0.2) is 0 Å². The first-order chi connectivity index (χ1) is 13.9. The maximum atomic E-state index is 14.0. The van der Waals surface area contributed by atoms with Gasteiger partial charge in [-0.15, -0.1) is 0 Å². The highest BCUT2D eigenvalue weighted by molar-refractivity contribution is 7.65. The fourth-order valence-corrected chi connectivity index (χ4v) is 5.16. The quantitative estimate of drug-likeness (QED) is 0.465. The van der Waals surface area contributed by atoms with Gasteiger partial charge in [-0.05, 0) is 96.3 Å². The Balaban J connectivity index is 2.65. The molecule has 30 heavy (non-hydrogen) atoms. The number of nitrogens with one attached hydrogen (secondary N) is 1. The zero-order valence-corrected chi connectivity index (χ0v) is 20.0. The fourth-order valence-electron chi connectivity index (χ4n) is 3.10. The third-order valence-corrected chi connectivity index (χ3v) is 6.75. The van der Waals surface area contributed by atoms with Crippen LogP contribution in [0.25, 0.3) is 5.31 Å². The summed E-state index contributed by atoms with van der Waals surface area (Å²) in [6, 6.07) is 7.41. The molecule has 0 saturated carbocycles. The summed E-state index contributed by atoms with van der Waals surface area (Å²) in [5, 5.41) is 13.8. The molecule has 2 N–H and O–H groups in total. The summed E-state index contributed by atoms with van der Waals surface area (Å²) in [6.45, 7) is 14.7. The molecule has 0 amide bonds. The summed E-state index contributed by atoms with van der Waals surface area (Å²) in [4.78, 5) is 4.47. The van der Waals surface area contributed by atoms with Crippen molar-refractivity contribution in [1.29, 1.82) is 0 Å². The Morgan fingerprint density at radius 1 is 1.03 bits per heavy atom. The average Bonchev–Trinajstić information content (AvgIpc) is 2.59. The van der Waals surface area contributed by atoms with E-state index in [-0.39, 0.29) is 18.0 Å². The van der Waals surface area contributed by atoms with Gasteiger partial charge >= 0.3 is 7.60 Å². The van der Waals surface area contributed by atoms with Crippen LogP contribution in [0.5, 0.6) is 5.75 Å². The number of aromatic nitrogens is 1. The monoisotopic (exact) mass is 432 g/mol. The number of phenolic OH excluding ortho intramolecular Hbond substituents is 1. The molecule has 2 aromatic rings. The number of pyridine rings is 1. The minimum absolute atomic E-state index is 0.217. The van der Waals surface area contributed by atoms with Crippen molar-refractivity contribution < 1.29 is 18.7 Å². The number of anilines is 1. The van der Waals surface area contributed by atoms with E-state index in [2.05, 4.69) is 10.3 Å². The van der Waals surface area contributed by atoms with Gasteiger partial charge in [0.2, 0.25) is 0 Å². The molecule has 0 aliphatic carbocycles. The van der Waals surface area contributed by atoms with Crippen LogP contribution < -0.4 is 5.32 Å². The number of nitrogens with zero attached hydrogens (tertiary/aromatic N) is 1. The van der Waals surface area contributed by atoms with Crippen molar-refractivity contribution in [2.24, 2.45) is 0 Å². The predicted octanol–water partition coefficient (Wildman–Crippen LogP) is 6.47. The molecule has 1 aromatic heterocycles. The second-order valence-electron chi connectivity index (χ2n) is 8.02. The zero-order valence-electron chi connectivity index (χ0n) is 19.1. The lowest BCUT2D eigenvalue weighted by molar-refractivity contribution is 0.151. The Kier molecular flexibility index (Phi) is 7.87. The van der Waals surface area contributed by atoms with E-state index in [4.69, 9.17) is 9.05 Å². The number of phenols is 1. The second kappa shape index (κ2) is 9.78. The molecular formula is C23H33N2O4P. The van der Waals surface area contributed by atoms with E-state index in [1.807, 2.05) is 67.5 Å². The largest absolute Gasteiger partial charge is 0.507 e. The average molecular weight is 433 g/mol. The van der Waals surface area contributed by atoms with Gasteiger partial charge in [0.25, 0.3) is 0 Å².